The topological polar surface area (TPSA) is 36.9 Å². The van der Waals surface area contributed by atoms with E-state index >= 15 is 0 Å². The van der Waals surface area contributed by atoms with Crippen LogP contribution in [-0.2, 0) is 10.2 Å². The quantitative estimate of drug-likeness (QED) is 0.326. The van der Waals surface area contributed by atoms with Crippen LogP contribution in [0, 0.1) is 5.92 Å². The van der Waals surface area contributed by atoms with Crippen molar-refractivity contribution in [2.45, 2.75) is 57.8 Å². The van der Waals surface area contributed by atoms with Gasteiger partial charge in [0.2, 0.25) is 0 Å². The van der Waals surface area contributed by atoms with Gasteiger partial charge in [-0.25, -0.2) is 0 Å². The molecule has 1 N–H and O–H groups in total. The molecule has 6 heteroatoms. The molecule has 1 saturated carbocycles. The summed E-state index contributed by atoms with van der Waals surface area (Å²) in [4.78, 5) is 9.14. The molecule has 0 radical (unpaired) electrons. The molecule has 0 aromatic carbocycles. The number of halogens is 1. The molecular weight excluding hydrogens is 469 g/mol. The molecule has 0 spiro atoms. The van der Waals surface area contributed by atoms with Gasteiger partial charge in [0.25, 0.3) is 0 Å². The van der Waals surface area contributed by atoms with Crippen LogP contribution in [0.3, 0.4) is 0 Å². The summed E-state index contributed by atoms with van der Waals surface area (Å²) in [5.74, 6) is 1.74. The van der Waals surface area contributed by atoms with Crippen LogP contribution < -0.4 is 5.32 Å². The molecule has 1 unspecified atom stereocenters. The molecule has 4 nitrogen and oxygen atoms in total. The second kappa shape index (κ2) is 11.6. The van der Waals surface area contributed by atoms with Crippen LogP contribution in [0.2, 0.25) is 0 Å². The van der Waals surface area contributed by atoms with Crippen LogP contribution in [0.1, 0.15) is 57.2 Å². The monoisotopic (exact) mass is 505 g/mol. The molecule has 0 bridgehead atoms. The van der Waals surface area contributed by atoms with Gasteiger partial charge < -0.3 is 15.0 Å². The summed E-state index contributed by atoms with van der Waals surface area (Å²) in [6, 6.07) is 4.52. The van der Waals surface area contributed by atoms with E-state index in [4.69, 9.17) is 9.73 Å². The third kappa shape index (κ3) is 6.07. The minimum atomic E-state index is 0. The summed E-state index contributed by atoms with van der Waals surface area (Å²) >= 11 is 1.92. The van der Waals surface area contributed by atoms with Crippen molar-refractivity contribution in [3.63, 3.8) is 0 Å². The first-order valence-electron chi connectivity index (χ1n) is 10.4. The van der Waals surface area contributed by atoms with Crippen LogP contribution in [-0.4, -0.2) is 50.3 Å². The zero-order valence-electron chi connectivity index (χ0n) is 16.9. The number of rotatable bonds is 7. The summed E-state index contributed by atoms with van der Waals surface area (Å²) < 4.78 is 5.64. The summed E-state index contributed by atoms with van der Waals surface area (Å²) in [5, 5.41) is 5.76. The van der Waals surface area contributed by atoms with Gasteiger partial charge in [-0.05, 0) is 44.6 Å². The van der Waals surface area contributed by atoms with Gasteiger partial charge in [0, 0.05) is 42.5 Å². The standard InChI is InChI=1S/C21H35N3OS.HI/c1-3-22-20(24-13-10-18(15-24)16-25-4-2)23-17-21(11-6-5-7-12-21)19-9-8-14-26-19;/h8-9,14,18H,3-7,10-13,15-17H2,1-2H3,(H,22,23);1H. The zero-order valence-corrected chi connectivity index (χ0v) is 20.1. The summed E-state index contributed by atoms with van der Waals surface area (Å²) in [6.07, 6.45) is 7.82. The van der Waals surface area contributed by atoms with Gasteiger partial charge in [-0.1, -0.05) is 25.3 Å². The van der Waals surface area contributed by atoms with E-state index < -0.39 is 0 Å². The third-order valence-electron chi connectivity index (χ3n) is 5.86. The number of hydrogen-bond donors (Lipinski definition) is 1. The lowest BCUT2D eigenvalue weighted by Crippen LogP contribution is -2.42. The van der Waals surface area contributed by atoms with E-state index in [-0.39, 0.29) is 29.4 Å². The SMILES string of the molecule is CCNC(=NCC1(c2cccs2)CCCCC1)N1CCC(COCC)C1.I. The number of guanidine groups is 1. The number of thiophene rings is 1. The molecule has 27 heavy (non-hydrogen) atoms. The number of aliphatic imine (C=N–C) groups is 1. The van der Waals surface area contributed by atoms with Crippen molar-refractivity contribution in [3.05, 3.63) is 22.4 Å². The molecular formula is C21H36IN3OS. The van der Waals surface area contributed by atoms with E-state index in [0.717, 1.165) is 45.4 Å². The fraction of sp³-hybridized carbons (Fsp3) is 0.762. The van der Waals surface area contributed by atoms with Crippen LogP contribution in [0.15, 0.2) is 22.5 Å². The van der Waals surface area contributed by atoms with Crippen molar-refractivity contribution >= 4 is 41.3 Å². The van der Waals surface area contributed by atoms with Gasteiger partial charge in [-0.15, -0.1) is 35.3 Å². The molecule has 1 aromatic rings. The Balaban J connectivity index is 0.00000261. The van der Waals surface area contributed by atoms with Gasteiger partial charge in [-0.3, -0.25) is 4.99 Å². The Morgan fingerprint density at radius 3 is 2.81 bits per heavy atom. The molecule has 3 rings (SSSR count). The molecule has 1 saturated heterocycles. The Morgan fingerprint density at radius 1 is 1.33 bits per heavy atom. The van der Waals surface area contributed by atoms with E-state index in [2.05, 4.69) is 41.6 Å². The lowest BCUT2D eigenvalue weighted by atomic mass is 9.73. The van der Waals surface area contributed by atoms with Gasteiger partial charge in [0.05, 0.1) is 13.2 Å². The number of likely N-dealkylation sites (tertiary alicyclic amines) is 1. The first-order chi connectivity index (χ1) is 12.8. The highest BCUT2D eigenvalue weighted by Crippen LogP contribution is 2.41. The van der Waals surface area contributed by atoms with Crippen molar-refractivity contribution in [3.8, 4) is 0 Å². The van der Waals surface area contributed by atoms with E-state index in [1.807, 2.05) is 11.3 Å². The molecule has 2 heterocycles. The molecule has 2 fully saturated rings. The average Bonchev–Trinajstić information content (AvgIpc) is 3.36. The Hall–Kier alpha value is -0.340. The number of hydrogen-bond acceptors (Lipinski definition) is 3. The highest BCUT2D eigenvalue weighted by Gasteiger charge is 2.35. The Morgan fingerprint density at radius 2 is 2.15 bits per heavy atom. The normalized spacial score (nSPS) is 22.5. The predicted molar refractivity (Wildman–Crippen MR) is 127 cm³/mol. The molecule has 154 valence electrons. The maximum Gasteiger partial charge on any atom is 0.193 e. The van der Waals surface area contributed by atoms with Gasteiger partial charge in [-0.2, -0.15) is 0 Å². The largest absolute Gasteiger partial charge is 0.381 e. The Bertz CT molecular complexity index is 558. The van der Waals surface area contributed by atoms with Crippen molar-refractivity contribution < 1.29 is 4.74 Å². The molecule has 2 aliphatic rings. The van der Waals surface area contributed by atoms with E-state index in [1.54, 1.807) is 0 Å². The second-order valence-corrected chi connectivity index (χ2v) is 8.70. The fourth-order valence-electron chi connectivity index (χ4n) is 4.39. The highest BCUT2D eigenvalue weighted by molar-refractivity contribution is 14.0. The molecule has 1 atom stereocenters. The zero-order chi connectivity index (χ0) is 18.2. The van der Waals surface area contributed by atoms with E-state index in [1.165, 1.54) is 43.4 Å². The average molecular weight is 506 g/mol. The minimum Gasteiger partial charge on any atom is -0.381 e. The maximum absolute atomic E-state index is 5.64. The summed E-state index contributed by atoms with van der Waals surface area (Å²) in [7, 11) is 0. The summed E-state index contributed by atoms with van der Waals surface area (Å²) in [5.41, 5.74) is 0.261. The van der Waals surface area contributed by atoms with E-state index in [0.29, 0.717) is 5.92 Å². The van der Waals surface area contributed by atoms with Gasteiger partial charge in [0.1, 0.15) is 0 Å². The Kier molecular flexibility index (Phi) is 9.87. The van der Waals surface area contributed by atoms with Gasteiger partial charge in [0.15, 0.2) is 5.96 Å². The van der Waals surface area contributed by atoms with Crippen LogP contribution in [0.5, 0.6) is 0 Å². The number of nitrogens with one attached hydrogen (secondary N) is 1. The van der Waals surface area contributed by atoms with Crippen molar-refractivity contribution in [1.29, 1.82) is 0 Å². The third-order valence-corrected chi connectivity index (χ3v) is 6.98. The van der Waals surface area contributed by atoms with Crippen LogP contribution in [0.4, 0.5) is 0 Å². The summed E-state index contributed by atoms with van der Waals surface area (Å²) in [6.45, 7) is 9.94. The fourth-order valence-corrected chi connectivity index (χ4v) is 5.37. The van der Waals surface area contributed by atoms with Crippen LogP contribution >= 0.6 is 35.3 Å². The first-order valence-corrected chi connectivity index (χ1v) is 11.3. The van der Waals surface area contributed by atoms with Gasteiger partial charge >= 0.3 is 0 Å². The van der Waals surface area contributed by atoms with Crippen molar-refractivity contribution in [2.24, 2.45) is 10.9 Å². The Labute approximate surface area is 186 Å². The predicted octanol–water partition coefficient (Wildman–Crippen LogP) is 4.89. The van der Waals surface area contributed by atoms with Crippen molar-refractivity contribution in [1.82, 2.24) is 10.2 Å². The van der Waals surface area contributed by atoms with Crippen molar-refractivity contribution in [2.75, 3.05) is 39.4 Å². The minimum absolute atomic E-state index is 0. The smallest absolute Gasteiger partial charge is 0.193 e. The second-order valence-electron chi connectivity index (χ2n) is 7.75. The molecule has 1 aromatic heterocycles. The van der Waals surface area contributed by atoms with Crippen LogP contribution in [0.25, 0.3) is 0 Å². The highest BCUT2D eigenvalue weighted by atomic mass is 127. The number of nitrogens with zero attached hydrogens (tertiary/aromatic N) is 2. The molecule has 1 aliphatic carbocycles. The maximum atomic E-state index is 5.64. The van der Waals surface area contributed by atoms with E-state index in [9.17, 15) is 0 Å². The molecule has 1 aliphatic heterocycles. The molecule has 0 amide bonds. The number of ether oxygens (including phenoxy) is 1. The lowest BCUT2D eigenvalue weighted by molar-refractivity contribution is 0.114. The lowest BCUT2D eigenvalue weighted by Gasteiger charge is -2.36. The first kappa shape index (κ1) is 22.9.